The Hall–Kier alpha value is -3.35. The second-order valence-electron chi connectivity index (χ2n) is 5.25. The van der Waals surface area contributed by atoms with Crippen molar-refractivity contribution in [3.8, 4) is 22.9 Å². The molecule has 0 amide bonds. The van der Waals surface area contributed by atoms with Crippen LogP contribution >= 0.6 is 0 Å². The first-order valence-electron chi connectivity index (χ1n) is 8.13. The highest BCUT2D eigenvalue weighted by atomic mass is 16.6. The summed E-state index contributed by atoms with van der Waals surface area (Å²) in [7, 11) is 1.62. The van der Waals surface area contributed by atoms with Crippen molar-refractivity contribution < 1.29 is 18.8 Å². The van der Waals surface area contributed by atoms with Crippen LogP contribution in [0, 0.1) is 0 Å². The molecule has 0 aliphatic carbocycles. The Balaban J connectivity index is 1.52. The molecule has 0 radical (unpaired) electrons. The van der Waals surface area contributed by atoms with Gasteiger partial charge >= 0.3 is 0 Å². The van der Waals surface area contributed by atoms with Gasteiger partial charge in [-0.2, -0.15) is 4.98 Å². The molecule has 0 saturated heterocycles. The highest BCUT2D eigenvalue weighted by Gasteiger charge is 2.09. The third-order valence-corrected chi connectivity index (χ3v) is 3.47. The lowest BCUT2D eigenvalue weighted by molar-refractivity contribution is 0.107. The zero-order chi connectivity index (χ0) is 18.2. The number of benzene rings is 2. The van der Waals surface area contributed by atoms with Gasteiger partial charge in [-0.15, -0.1) is 0 Å². The summed E-state index contributed by atoms with van der Waals surface area (Å²) in [6, 6.07) is 14.9. The fourth-order valence-corrected chi connectivity index (χ4v) is 2.18. The van der Waals surface area contributed by atoms with Crippen LogP contribution in [-0.2, 0) is 11.4 Å². The van der Waals surface area contributed by atoms with Gasteiger partial charge in [0.05, 0.1) is 19.9 Å². The summed E-state index contributed by atoms with van der Waals surface area (Å²) >= 11 is 0. The van der Waals surface area contributed by atoms with Crippen molar-refractivity contribution in [2.45, 2.75) is 13.5 Å². The van der Waals surface area contributed by atoms with E-state index in [0.29, 0.717) is 18.3 Å². The molecule has 7 nitrogen and oxygen atoms in total. The van der Waals surface area contributed by atoms with Crippen LogP contribution in [0.2, 0.25) is 0 Å². The molecule has 0 aliphatic heterocycles. The minimum atomic E-state index is 0.0939. The van der Waals surface area contributed by atoms with E-state index in [2.05, 4.69) is 15.3 Å². The molecule has 0 N–H and O–H groups in total. The van der Waals surface area contributed by atoms with Crippen molar-refractivity contribution in [3.05, 3.63) is 60.0 Å². The lowest BCUT2D eigenvalue weighted by Gasteiger charge is -2.01. The molecule has 3 rings (SSSR count). The number of oxime groups is 1. The van der Waals surface area contributed by atoms with Gasteiger partial charge < -0.3 is 18.8 Å². The first-order chi connectivity index (χ1) is 12.8. The molecule has 0 bridgehead atoms. The lowest BCUT2D eigenvalue weighted by Crippen LogP contribution is -1.92. The summed E-state index contributed by atoms with van der Waals surface area (Å²) in [6.45, 7) is 2.68. The fraction of sp³-hybridized carbons (Fsp3) is 0.211. The molecule has 0 atom stereocenters. The van der Waals surface area contributed by atoms with Gasteiger partial charge in [-0.1, -0.05) is 10.3 Å². The Kier molecular flexibility index (Phi) is 5.82. The summed E-state index contributed by atoms with van der Waals surface area (Å²) in [6.07, 6.45) is 1.61. The van der Waals surface area contributed by atoms with Crippen molar-refractivity contribution in [1.82, 2.24) is 10.1 Å². The van der Waals surface area contributed by atoms with Crippen LogP contribution in [-0.4, -0.2) is 30.1 Å². The monoisotopic (exact) mass is 353 g/mol. The normalized spacial score (nSPS) is 10.8. The van der Waals surface area contributed by atoms with Crippen molar-refractivity contribution in [3.63, 3.8) is 0 Å². The van der Waals surface area contributed by atoms with Gasteiger partial charge in [0.15, 0.2) is 6.61 Å². The standard InChI is InChI=1S/C19H19N3O4/c1-3-24-17-8-4-14(5-9-17)12-20-25-13-18-21-19(22-26-18)15-6-10-16(23-2)11-7-15/h4-12H,3,13H2,1-2H3/b20-12-. The van der Waals surface area contributed by atoms with E-state index >= 15 is 0 Å². The molecule has 0 saturated carbocycles. The van der Waals surface area contributed by atoms with E-state index in [1.165, 1.54) is 0 Å². The molecule has 26 heavy (non-hydrogen) atoms. The predicted octanol–water partition coefficient (Wildman–Crippen LogP) is 3.69. The van der Waals surface area contributed by atoms with E-state index in [9.17, 15) is 0 Å². The Bertz CT molecular complexity index is 842. The average molecular weight is 353 g/mol. The van der Waals surface area contributed by atoms with E-state index in [1.54, 1.807) is 13.3 Å². The third kappa shape index (κ3) is 4.60. The average Bonchev–Trinajstić information content (AvgIpc) is 3.16. The molecule has 134 valence electrons. The molecular weight excluding hydrogens is 334 g/mol. The summed E-state index contributed by atoms with van der Waals surface area (Å²) in [5, 5.41) is 7.84. The second kappa shape index (κ2) is 8.66. The number of nitrogens with zero attached hydrogens (tertiary/aromatic N) is 3. The maximum atomic E-state index is 5.39. The zero-order valence-corrected chi connectivity index (χ0v) is 14.6. The highest BCUT2D eigenvalue weighted by Crippen LogP contribution is 2.19. The summed E-state index contributed by atoms with van der Waals surface area (Å²) in [5.74, 6) is 2.42. The minimum Gasteiger partial charge on any atom is -0.497 e. The maximum absolute atomic E-state index is 5.39. The van der Waals surface area contributed by atoms with Gasteiger partial charge in [-0.3, -0.25) is 0 Å². The SMILES string of the molecule is CCOc1ccc(/C=N\OCc2nc(-c3ccc(OC)cc3)no2)cc1. The van der Waals surface area contributed by atoms with Crippen molar-refractivity contribution in [1.29, 1.82) is 0 Å². The van der Waals surface area contributed by atoms with E-state index in [1.807, 2.05) is 55.5 Å². The maximum Gasteiger partial charge on any atom is 0.267 e. The second-order valence-corrected chi connectivity index (χ2v) is 5.25. The van der Waals surface area contributed by atoms with Crippen molar-refractivity contribution in [2.75, 3.05) is 13.7 Å². The molecule has 1 heterocycles. The molecule has 3 aromatic rings. The molecule has 0 spiro atoms. The highest BCUT2D eigenvalue weighted by molar-refractivity contribution is 5.79. The van der Waals surface area contributed by atoms with Crippen molar-refractivity contribution in [2.24, 2.45) is 5.16 Å². The molecule has 0 fully saturated rings. The summed E-state index contributed by atoms with van der Waals surface area (Å²) in [4.78, 5) is 9.49. The number of hydrogen-bond acceptors (Lipinski definition) is 7. The Morgan fingerprint density at radius 2 is 1.77 bits per heavy atom. The fourth-order valence-electron chi connectivity index (χ4n) is 2.18. The predicted molar refractivity (Wildman–Crippen MR) is 96.3 cm³/mol. The quantitative estimate of drug-likeness (QED) is 0.454. The van der Waals surface area contributed by atoms with Gasteiger partial charge in [-0.25, -0.2) is 0 Å². The topological polar surface area (TPSA) is 79.0 Å². The van der Waals surface area contributed by atoms with Crippen LogP contribution < -0.4 is 9.47 Å². The molecule has 0 unspecified atom stereocenters. The number of hydrogen-bond donors (Lipinski definition) is 0. The van der Waals surface area contributed by atoms with Crippen LogP contribution in [0.15, 0.2) is 58.2 Å². The van der Waals surface area contributed by atoms with E-state index in [-0.39, 0.29) is 6.61 Å². The number of aromatic nitrogens is 2. The van der Waals surface area contributed by atoms with E-state index in [4.69, 9.17) is 18.8 Å². The Morgan fingerprint density at radius 3 is 2.46 bits per heavy atom. The number of methoxy groups -OCH3 is 1. The van der Waals surface area contributed by atoms with E-state index in [0.717, 1.165) is 22.6 Å². The van der Waals surface area contributed by atoms with Crippen molar-refractivity contribution >= 4 is 6.21 Å². The molecule has 2 aromatic carbocycles. The molecule has 7 heteroatoms. The minimum absolute atomic E-state index is 0.0939. The van der Waals surface area contributed by atoms with Crippen LogP contribution in [0.1, 0.15) is 18.4 Å². The summed E-state index contributed by atoms with van der Waals surface area (Å²) in [5.41, 5.74) is 1.73. The zero-order valence-electron chi connectivity index (χ0n) is 14.6. The first-order valence-corrected chi connectivity index (χ1v) is 8.13. The third-order valence-electron chi connectivity index (χ3n) is 3.47. The van der Waals surface area contributed by atoms with E-state index < -0.39 is 0 Å². The Morgan fingerprint density at radius 1 is 1.04 bits per heavy atom. The summed E-state index contributed by atoms with van der Waals surface area (Å²) < 4.78 is 15.7. The van der Waals surface area contributed by atoms with Gasteiger partial charge in [0, 0.05) is 5.56 Å². The number of ether oxygens (including phenoxy) is 2. The van der Waals surface area contributed by atoms with Gasteiger partial charge in [0.1, 0.15) is 11.5 Å². The lowest BCUT2D eigenvalue weighted by atomic mass is 10.2. The first kappa shape index (κ1) is 17.5. The molecular formula is C19H19N3O4. The van der Waals surface area contributed by atoms with Crippen LogP contribution in [0.4, 0.5) is 0 Å². The van der Waals surface area contributed by atoms with Gasteiger partial charge in [-0.05, 0) is 61.0 Å². The van der Waals surface area contributed by atoms with Crippen LogP contribution in [0.5, 0.6) is 11.5 Å². The van der Waals surface area contributed by atoms with Crippen LogP contribution in [0.25, 0.3) is 11.4 Å². The van der Waals surface area contributed by atoms with Gasteiger partial charge in [0.2, 0.25) is 5.82 Å². The molecule has 1 aromatic heterocycles. The van der Waals surface area contributed by atoms with Crippen LogP contribution in [0.3, 0.4) is 0 Å². The Labute approximate surface area is 151 Å². The van der Waals surface area contributed by atoms with Gasteiger partial charge in [0.25, 0.3) is 5.89 Å². The molecule has 0 aliphatic rings. The largest absolute Gasteiger partial charge is 0.497 e. The smallest absolute Gasteiger partial charge is 0.267 e. The number of rotatable bonds is 8.